The van der Waals surface area contributed by atoms with Gasteiger partial charge in [-0.15, -0.1) is 18.2 Å². The van der Waals surface area contributed by atoms with E-state index in [1.165, 1.54) is 19.3 Å². The van der Waals surface area contributed by atoms with Crippen LogP contribution in [0.1, 0.15) is 32.1 Å². The molecular weight excluding hydrogens is 168 g/mol. The summed E-state index contributed by atoms with van der Waals surface area (Å²) in [7, 11) is 0. The predicted octanol–water partition coefficient (Wildman–Crippen LogP) is 3.92. The predicted molar refractivity (Wildman–Crippen MR) is 55.6 cm³/mol. The molecule has 0 radical (unpaired) electrons. The average Bonchev–Trinajstić information content (AvgIpc) is 2.16. The van der Waals surface area contributed by atoms with Gasteiger partial charge in [0.15, 0.2) is 0 Å². The van der Waals surface area contributed by atoms with Gasteiger partial charge in [0.1, 0.15) is 0 Å². The third-order valence-corrected chi connectivity index (χ3v) is 3.29. The van der Waals surface area contributed by atoms with Gasteiger partial charge in [0.2, 0.25) is 0 Å². The number of halogens is 1. The zero-order chi connectivity index (χ0) is 8.86. The summed E-state index contributed by atoms with van der Waals surface area (Å²) >= 11 is 6.00. The van der Waals surface area contributed by atoms with Gasteiger partial charge in [0, 0.05) is 5.88 Å². The van der Waals surface area contributed by atoms with E-state index in [4.69, 9.17) is 11.6 Å². The fourth-order valence-corrected chi connectivity index (χ4v) is 2.14. The summed E-state index contributed by atoms with van der Waals surface area (Å²) in [5.41, 5.74) is 0.379. The second-order valence-electron chi connectivity index (χ2n) is 3.68. The summed E-state index contributed by atoms with van der Waals surface area (Å²) in [6.45, 7) is 3.75. The molecule has 68 valence electrons. The Morgan fingerprint density at radius 2 is 2.33 bits per heavy atom. The topological polar surface area (TPSA) is 0 Å². The van der Waals surface area contributed by atoms with E-state index >= 15 is 0 Å². The zero-order valence-electron chi connectivity index (χ0n) is 7.56. The minimum atomic E-state index is 0.379. The maximum absolute atomic E-state index is 6.00. The molecule has 0 amide bonds. The van der Waals surface area contributed by atoms with Crippen molar-refractivity contribution in [2.24, 2.45) is 5.41 Å². The largest absolute Gasteiger partial charge is 0.126 e. The lowest BCUT2D eigenvalue weighted by atomic mass is 9.75. The lowest BCUT2D eigenvalue weighted by Crippen LogP contribution is -2.23. The van der Waals surface area contributed by atoms with Crippen molar-refractivity contribution >= 4 is 11.6 Å². The van der Waals surface area contributed by atoms with Gasteiger partial charge < -0.3 is 0 Å². The summed E-state index contributed by atoms with van der Waals surface area (Å²) in [6, 6.07) is 0. The van der Waals surface area contributed by atoms with E-state index in [0.717, 1.165) is 18.7 Å². The lowest BCUT2D eigenvalue weighted by Gasteiger charge is -2.32. The fourth-order valence-electron chi connectivity index (χ4n) is 1.77. The Morgan fingerprint density at radius 3 is 2.83 bits per heavy atom. The molecule has 0 spiro atoms. The zero-order valence-corrected chi connectivity index (χ0v) is 8.32. The maximum atomic E-state index is 6.00. The summed E-state index contributed by atoms with van der Waals surface area (Å²) in [4.78, 5) is 0. The molecule has 0 saturated carbocycles. The fraction of sp³-hybridized carbons (Fsp3) is 0.636. The van der Waals surface area contributed by atoms with Crippen molar-refractivity contribution < 1.29 is 0 Å². The first-order valence-corrected chi connectivity index (χ1v) is 5.18. The highest BCUT2D eigenvalue weighted by atomic mass is 35.5. The van der Waals surface area contributed by atoms with Gasteiger partial charge in [-0.2, -0.15) is 0 Å². The number of hydrogen-bond acceptors (Lipinski definition) is 0. The minimum absolute atomic E-state index is 0.379. The lowest BCUT2D eigenvalue weighted by molar-refractivity contribution is 0.276. The molecule has 0 nitrogen and oxygen atoms in total. The van der Waals surface area contributed by atoms with E-state index in [1.54, 1.807) is 0 Å². The smallest absolute Gasteiger partial charge is 0.0283 e. The number of allylic oxidation sites excluding steroid dienone is 3. The van der Waals surface area contributed by atoms with Crippen LogP contribution in [0, 0.1) is 5.41 Å². The van der Waals surface area contributed by atoms with Crippen molar-refractivity contribution in [3.63, 3.8) is 0 Å². The first kappa shape index (κ1) is 9.85. The van der Waals surface area contributed by atoms with Gasteiger partial charge in [-0.25, -0.2) is 0 Å². The molecule has 1 aliphatic carbocycles. The summed E-state index contributed by atoms with van der Waals surface area (Å²) in [6.07, 6.45) is 12.4. The van der Waals surface area contributed by atoms with Crippen LogP contribution in [-0.2, 0) is 0 Å². The van der Waals surface area contributed by atoms with Crippen molar-refractivity contribution in [1.29, 1.82) is 0 Å². The number of alkyl halides is 1. The van der Waals surface area contributed by atoms with Crippen LogP contribution in [0.4, 0.5) is 0 Å². The van der Waals surface area contributed by atoms with Crippen LogP contribution < -0.4 is 0 Å². The normalized spacial score (nSPS) is 28.8. The average molecular weight is 185 g/mol. The SMILES string of the molecule is C=CCCC1(CCl)CC=CCC1. The standard InChI is InChI=1S/C11H17Cl/c1-2-3-7-11(10-12)8-5-4-6-9-11/h2,4-5H,1,3,6-10H2. The Labute approximate surface area is 80.3 Å². The molecule has 0 heterocycles. The molecule has 0 aromatic rings. The van der Waals surface area contributed by atoms with E-state index in [0.29, 0.717) is 5.41 Å². The van der Waals surface area contributed by atoms with Gasteiger partial charge in [0.05, 0.1) is 0 Å². The quantitative estimate of drug-likeness (QED) is 0.459. The highest BCUT2D eigenvalue weighted by molar-refractivity contribution is 6.18. The third kappa shape index (κ3) is 2.38. The molecule has 0 aliphatic heterocycles. The highest BCUT2D eigenvalue weighted by Gasteiger charge is 2.27. The Bertz CT molecular complexity index is 172. The van der Waals surface area contributed by atoms with E-state index in [1.807, 2.05) is 6.08 Å². The molecule has 12 heavy (non-hydrogen) atoms. The van der Waals surface area contributed by atoms with Gasteiger partial charge in [-0.05, 0) is 37.5 Å². The molecule has 0 bridgehead atoms. The van der Waals surface area contributed by atoms with Crippen molar-refractivity contribution in [3.05, 3.63) is 24.8 Å². The van der Waals surface area contributed by atoms with Crippen LogP contribution in [0.5, 0.6) is 0 Å². The second-order valence-corrected chi connectivity index (χ2v) is 3.94. The summed E-state index contributed by atoms with van der Waals surface area (Å²) in [5.74, 6) is 0.797. The van der Waals surface area contributed by atoms with Crippen molar-refractivity contribution in [1.82, 2.24) is 0 Å². The van der Waals surface area contributed by atoms with Crippen LogP contribution in [0.3, 0.4) is 0 Å². The van der Waals surface area contributed by atoms with Crippen molar-refractivity contribution in [2.75, 3.05) is 5.88 Å². The second kappa shape index (κ2) is 4.71. The highest BCUT2D eigenvalue weighted by Crippen LogP contribution is 2.38. The van der Waals surface area contributed by atoms with E-state index in [-0.39, 0.29) is 0 Å². The van der Waals surface area contributed by atoms with Gasteiger partial charge in [-0.3, -0.25) is 0 Å². The molecule has 1 rings (SSSR count). The monoisotopic (exact) mass is 184 g/mol. The molecule has 0 saturated heterocycles. The molecule has 0 fully saturated rings. The minimum Gasteiger partial charge on any atom is -0.126 e. The molecule has 0 N–H and O–H groups in total. The third-order valence-electron chi connectivity index (χ3n) is 2.72. The number of hydrogen-bond donors (Lipinski definition) is 0. The first-order valence-electron chi connectivity index (χ1n) is 4.65. The van der Waals surface area contributed by atoms with Crippen LogP contribution in [0.15, 0.2) is 24.8 Å². The van der Waals surface area contributed by atoms with E-state index in [9.17, 15) is 0 Å². The van der Waals surface area contributed by atoms with Crippen LogP contribution >= 0.6 is 11.6 Å². The van der Waals surface area contributed by atoms with Crippen LogP contribution in [0.2, 0.25) is 0 Å². The van der Waals surface area contributed by atoms with Crippen molar-refractivity contribution in [3.8, 4) is 0 Å². The van der Waals surface area contributed by atoms with E-state index < -0.39 is 0 Å². The molecule has 1 heteroatoms. The molecule has 1 unspecified atom stereocenters. The Kier molecular flexibility index (Phi) is 3.87. The first-order chi connectivity index (χ1) is 5.83. The number of rotatable bonds is 4. The van der Waals surface area contributed by atoms with Gasteiger partial charge in [-0.1, -0.05) is 18.2 Å². The molecule has 1 aliphatic rings. The van der Waals surface area contributed by atoms with Crippen molar-refractivity contribution in [2.45, 2.75) is 32.1 Å². The summed E-state index contributed by atoms with van der Waals surface area (Å²) in [5, 5.41) is 0. The van der Waals surface area contributed by atoms with Crippen LogP contribution in [-0.4, -0.2) is 5.88 Å². The molecule has 1 atom stereocenters. The maximum Gasteiger partial charge on any atom is 0.0283 e. The molecule has 0 aromatic heterocycles. The summed E-state index contributed by atoms with van der Waals surface area (Å²) < 4.78 is 0. The Morgan fingerprint density at radius 1 is 1.50 bits per heavy atom. The Hall–Kier alpha value is -0.230. The van der Waals surface area contributed by atoms with Gasteiger partial charge >= 0.3 is 0 Å². The molecular formula is C11H17Cl. The Balaban J connectivity index is 2.49. The van der Waals surface area contributed by atoms with E-state index in [2.05, 4.69) is 18.7 Å². The van der Waals surface area contributed by atoms with Crippen LogP contribution in [0.25, 0.3) is 0 Å². The molecule has 0 aromatic carbocycles. The van der Waals surface area contributed by atoms with Gasteiger partial charge in [0.25, 0.3) is 0 Å².